The van der Waals surface area contributed by atoms with Gasteiger partial charge in [-0.3, -0.25) is 37.3 Å². The van der Waals surface area contributed by atoms with Gasteiger partial charge in [-0.25, -0.2) is 9.13 Å². The standard InChI is InChI=1S/C83H136O17P2/c1-5-9-13-17-21-25-29-33-37-38-42-44-48-52-56-60-64-68-81(86)94-74-79(100-83(88)70-66-62-58-54-50-46-41-36-32-28-24-20-16-12-8-4)76-98-102(91,92)96-72-77(84)71-95-101(89,90)97-75-78(99-82(87)69-65-61-57-53-49-45-40-35-31-27-23-19-15-11-7-3)73-93-80(85)67-63-59-55-51-47-43-39-34-30-26-22-18-14-10-6-2/h9-16,21-28,33-37,39-41,50,54,77-79,84H,5-8,17-20,29-32,38,42-49,51-53,55-76H2,1-4H3,(H,89,90)(H,91,92)/b13-9-,14-10-,15-11-,16-12-,25-21-,26-22-,27-23-,28-24-,37-33-,39-34-,40-35-,41-36-,54-50-. The Morgan fingerprint density at radius 1 is 0.275 bits per heavy atom. The normalized spacial score (nSPS) is 14.8. The van der Waals surface area contributed by atoms with Crippen molar-refractivity contribution in [3.05, 3.63) is 158 Å². The zero-order valence-corrected chi connectivity index (χ0v) is 65.0. The molecule has 0 amide bonds. The van der Waals surface area contributed by atoms with Crippen molar-refractivity contribution in [3.63, 3.8) is 0 Å². The van der Waals surface area contributed by atoms with Crippen LogP contribution in [0.1, 0.15) is 285 Å². The van der Waals surface area contributed by atoms with Crippen molar-refractivity contribution in [2.24, 2.45) is 0 Å². The lowest BCUT2D eigenvalue weighted by Gasteiger charge is -2.21. The summed E-state index contributed by atoms with van der Waals surface area (Å²) in [6, 6.07) is 0. The van der Waals surface area contributed by atoms with Gasteiger partial charge in [-0.15, -0.1) is 0 Å². The van der Waals surface area contributed by atoms with Gasteiger partial charge in [0.25, 0.3) is 0 Å². The summed E-state index contributed by atoms with van der Waals surface area (Å²) in [5.74, 6) is -2.28. The molecule has 0 aliphatic rings. The molecule has 0 aromatic carbocycles. The van der Waals surface area contributed by atoms with E-state index >= 15 is 0 Å². The van der Waals surface area contributed by atoms with Gasteiger partial charge >= 0.3 is 39.5 Å². The third-order valence-corrected chi connectivity index (χ3v) is 17.4. The van der Waals surface area contributed by atoms with E-state index in [-0.39, 0.29) is 25.7 Å². The highest BCUT2D eigenvalue weighted by Crippen LogP contribution is 2.45. The van der Waals surface area contributed by atoms with Crippen LogP contribution in [0.5, 0.6) is 0 Å². The summed E-state index contributed by atoms with van der Waals surface area (Å²) in [5.41, 5.74) is 0. The fourth-order valence-corrected chi connectivity index (χ4v) is 11.3. The van der Waals surface area contributed by atoms with Crippen LogP contribution in [0.2, 0.25) is 0 Å². The quantitative estimate of drug-likeness (QED) is 0.0169. The first kappa shape index (κ1) is 96.7. The van der Waals surface area contributed by atoms with Crippen molar-refractivity contribution >= 4 is 39.5 Å². The number of ether oxygens (including phenoxy) is 4. The third-order valence-electron chi connectivity index (χ3n) is 15.5. The van der Waals surface area contributed by atoms with E-state index in [1.807, 2.05) is 0 Å². The average molecular weight is 1470 g/mol. The van der Waals surface area contributed by atoms with Crippen molar-refractivity contribution in [2.75, 3.05) is 39.6 Å². The minimum Gasteiger partial charge on any atom is -0.462 e. The summed E-state index contributed by atoms with van der Waals surface area (Å²) in [5, 5.41) is 10.6. The molecule has 0 aliphatic carbocycles. The van der Waals surface area contributed by atoms with Gasteiger partial charge in [0.2, 0.25) is 0 Å². The number of aliphatic hydroxyl groups is 1. The highest BCUT2D eigenvalue weighted by molar-refractivity contribution is 7.47. The first-order valence-electron chi connectivity index (χ1n) is 38.7. The fraction of sp³-hybridized carbons (Fsp3) is 0.639. The predicted octanol–water partition coefficient (Wildman–Crippen LogP) is 22.4. The Hall–Kier alpha value is -5.32. The maximum absolute atomic E-state index is 13.1. The number of rotatable bonds is 71. The van der Waals surface area contributed by atoms with Gasteiger partial charge < -0.3 is 33.8 Å². The first-order valence-corrected chi connectivity index (χ1v) is 41.7. The minimum absolute atomic E-state index is 0.0349. The van der Waals surface area contributed by atoms with Gasteiger partial charge in [0.05, 0.1) is 26.4 Å². The molecule has 5 unspecified atom stereocenters. The van der Waals surface area contributed by atoms with Gasteiger partial charge in [0, 0.05) is 25.7 Å². The second-order valence-corrected chi connectivity index (χ2v) is 28.0. The number of unbranched alkanes of at least 4 members (excludes halogenated alkanes) is 19. The number of esters is 4. The number of allylic oxidation sites excluding steroid dienone is 26. The molecule has 0 heterocycles. The van der Waals surface area contributed by atoms with Crippen LogP contribution in [-0.4, -0.2) is 96.7 Å². The third kappa shape index (κ3) is 73.0. The molecule has 0 fully saturated rings. The molecule has 0 bridgehead atoms. The van der Waals surface area contributed by atoms with Crippen molar-refractivity contribution < 1.29 is 80.2 Å². The van der Waals surface area contributed by atoms with Crippen LogP contribution in [0, 0.1) is 0 Å². The molecule has 102 heavy (non-hydrogen) atoms. The van der Waals surface area contributed by atoms with E-state index in [9.17, 15) is 43.2 Å². The highest BCUT2D eigenvalue weighted by atomic mass is 31.2. The van der Waals surface area contributed by atoms with Gasteiger partial charge in [-0.2, -0.15) is 0 Å². The van der Waals surface area contributed by atoms with E-state index in [4.69, 9.17) is 37.0 Å². The molecule has 5 atom stereocenters. The molecule has 3 N–H and O–H groups in total. The molecule has 17 nitrogen and oxygen atoms in total. The van der Waals surface area contributed by atoms with E-state index < -0.39 is 97.5 Å². The number of hydrogen-bond acceptors (Lipinski definition) is 15. The second-order valence-electron chi connectivity index (χ2n) is 25.1. The lowest BCUT2D eigenvalue weighted by molar-refractivity contribution is -0.161. The molecule has 0 aromatic heterocycles. The Morgan fingerprint density at radius 3 is 0.755 bits per heavy atom. The maximum Gasteiger partial charge on any atom is 0.472 e. The minimum atomic E-state index is -5.00. The molecule has 0 saturated carbocycles. The van der Waals surface area contributed by atoms with E-state index in [0.717, 1.165) is 199 Å². The summed E-state index contributed by atoms with van der Waals surface area (Å²) < 4.78 is 68.5. The molecule has 0 spiro atoms. The Bertz CT molecular complexity index is 2550. The van der Waals surface area contributed by atoms with Crippen LogP contribution in [0.15, 0.2) is 158 Å². The zero-order valence-electron chi connectivity index (χ0n) is 63.2. The van der Waals surface area contributed by atoms with Gasteiger partial charge in [0.15, 0.2) is 12.2 Å². The highest BCUT2D eigenvalue weighted by Gasteiger charge is 2.30. The van der Waals surface area contributed by atoms with Crippen LogP contribution in [0.3, 0.4) is 0 Å². The van der Waals surface area contributed by atoms with Gasteiger partial charge in [-0.1, -0.05) is 256 Å². The van der Waals surface area contributed by atoms with E-state index in [2.05, 4.69) is 186 Å². The molecule has 19 heteroatoms. The predicted molar refractivity (Wildman–Crippen MR) is 417 cm³/mol. The number of carbonyl (C=O) groups excluding carboxylic acids is 4. The Balaban J connectivity index is 5.44. The monoisotopic (exact) mass is 1470 g/mol. The van der Waals surface area contributed by atoms with Crippen molar-refractivity contribution in [1.82, 2.24) is 0 Å². The summed E-state index contributed by atoms with van der Waals surface area (Å²) >= 11 is 0. The SMILES string of the molecule is CC/C=C\C/C=C\C/C=C\C/C=C\CCCCC(=O)OC(COC(=O)CCCCCCCCC/C=C\C/C=C\C/C=C\CC)COP(=O)(O)OCC(O)COP(=O)(O)OCC(COC(=O)CCCCCCC/C=C\C/C=C\C/C=C\CC)OC(=O)CCCCCCC/C=C\C/C=C\C/C=C\CC. The summed E-state index contributed by atoms with van der Waals surface area (Å²) in [6.07, 6.45) is 85.2. The van der Waals surface area contributed by atoms with Crippen LogP contribution in [0.25, 0.3) is 0 Å². The smallest absolute Gasteiger partial charge is 0.462 e. The Labute approximate surface area is 617 Å². The molecular formula is C83H136O17P2. The average Bonchev–Trinajstić information content (AvgIpc) is 0.919. The summed E-state index contributed by atoms with van der Waals surface area (Å²) in [6.45, 7) is 4.31. The number of hydrogen-bond donors (Lipinski definition) is 3. The number of carbonyl (C=O) groups is 4. The van der Waals surface area contributed by atoms with Crippen molar-refractivity contribution in [2.45, 2.75) is 303 Å². The lowest BCUT2D eigenvalue weighted by Crippen LogP contribution is -2.30. The zero-order chi connectivity index (χ0) is 74.6. The van der Waals surface area contributed by atoms with Gasteiger partial charge in [-0.05, 0) is 161 Å². The van der Waals surface area contributed by atoms with Crippen LogP contribution < -0.4 is 0 Å². The van der Waals surface area contributed by atoms with Crippen molar-refractivity contribution in [1.29, 1.82) is 0 Å². The largest absolute Gasteiger partial charge is 0.472 e. The molecular weight excluding hydrogens is 1330 g/mol. The lowest BCUT2D eigenvalue weighted by atomic mass is 10.1. The number of phosphoric acid groups is 2. The van der Waals surface area contributed by atoms with E-state index in [1.54, 1.807) is 0 Å². The Kier molecular flexibility index (Phi) is 70.1. The Morgan fingerprint density at radius 2 is 0.480 bits per heavy atom. The summed E-state index contributed by atoms with van der Waals surface area (Å²) in [4.78, 5) is 73.0. The van der Waals surface area contributed by atoms with E-state index in [0.29, 0.717) is 32.1 Å². The molecule has 0 aliphatic heterocycles. The van der Waals surface area contributed by atoms with Gasteiger partial charge in [0.1, 0.15) is 19.3 Å². The fourth-order valence-electron chi connectivity index (χ4n) is 9.72. The summed E-state index contributed by atoms with van der Waals surface area (Å²) in [7, 11) is -9.99. The van der Waals surface area contributed by atoms with Crippen LogP contribution >= 0.6 is 15.6 Å². The molecule has 0 saturated heterocycles. The van der Waals surface area contributed by atoms with Crippen LogP contribution in [0.4, 0.5) is 0 Å². The van der Waals surface area contributed by atoms with Crippen LogP contribution in [-0.2, 0) is 65.4 Å². The first-order chi connectivity index (χ1) is 49.7. The number of aliphatic hydroxyl groups excluding tert-OH is 1. The molecule has 0 aromatic rings. The maximum atomic E-state index is 13.1. The topological polar surface area (TPSA) is 237 Å². The van der Waals surface area contributed by atoms with Crippen molar-refractivity contribution in [3.8, 4) is 0 Å². The molecule has 0 radical (unpaired) electrons. The molecule has 0 rings (SSSR count). The number of phosphoric ester groups is 2. The second kappa shape index (κ2) is 74.0. The molecule has 580 valence electrons. The van der Waals surface area contributed by atoms with E-state index in [1.165, 1.54) is 0 Å².